The molecule has 0 aliphatic carbocycles. The number of halogens is 1. The number of nitrogens with zero attached hydrogens (tertiary/aromatic N) is 2. The third-order valence-corrected chi connectivity index (χ3v) is 2.75. The minimum absolute atomic E-state index is 0.170. The van der Waals surface area contributed by atoms with Gasteiger partial charge in [0.15, 0.2) is 0 Å². The predicted octanol–water partition coefficient (Wildman–Crippen LogP) is 2.86. The van der Waals surface area contributed by atoms with Crippen molar-refractivity contribution in [2.24, 2.45) is 0 Å². The number of benzene rings is 1. The number of aryl methyl sites for hydroxylation is 1. The van der Waals surface area contributed by atoms with Crippen molar-refractivity contribution < 1.29 is 4.39 Å². The van der Waals surface area contributed by atoms with Crippen LogP contribution in [0.2, 0.25) is 0 Å². The van der Waals surface area contributed by atoms with E-state index in [1.54, 1.807) is 6.07 Å². The maximum Gasteiger partial charge on any atom is 0.125 e. The van der Waals surface area contributed by atoms with Gasteiger partial charge in [-0.05, 0) is 44.8 Å². The van der Waals surface area contributed by atoms with Crippen molar-refractivity contribution in [3.63, 3.8) is 0 Å². The lowest BCUT2D eigenvalue weighted by atomic mass is 10.1. The molecule has 1 heterocycles. The van der Waals surface area contributed by atoms with E-state index in [1.165, 1.54) is 11.6 Å². The summed E-state index contributed by atoms with van der Waals surface area (Å²) in [6, 6.07) is 5.01. The van der Waals surface area contributed by atoms with E-state index in [2.05, 4.69) is 22.6 Å². The van der Waals surface area contributed by atoms with Gasteiger partial charge in [0.05, 0.1) is 5.52 Å². The molecule has 0 fully saturated rings. The monoisotopic (exact) mass is 220 g/mol. The van der Waals surface area contributed by atoms with Crippen LogP contribution in [0.1, 0.15) is 12.5 Å². The Morgan fingerprint density at radius 3 is 2.69 bits per heavy atom. The van der Waals surface area contributed by atoms with Crippen molar-refractivity contribution in [2.45, 2.75) is 20.0 Å². The molecule has 0 unspecified atom stereocenters. The summed E-state index contributed by atoms with van der Waals surface area (Å²) in [5.74, 6) is -0.170. The molecule has 0 bridgehead atoms. The molecule has 0 spiro atoms. The molecule has 0 aliphatic rings. The van der Waals surface area contributed by atoms with E-state index in [-0.39, 0.29) is 5.82 Å². The van der Waals surface area contributed by atoms with Crippen LogP contribution in [0.4, 0.5) is 4.39 Å². The number of rotatable bonds is 3. The molecule has 86 valence electrons. The summed E-state index contributed by atoms with van der Waals surface area (Å²) in [6.45, 7) is 3.83. The SMILES string of the molecule is CCn1cc(CN(C)C)c2ccc(F)cc21. The first kappa shape index (κ1) is 11.1. The molecular formula is C13H17FN2. The second kappa shape index (κ2) is 4.26. The van der Waals surface area contributed by atoms with Gasteiger partial charge in [-0.2, -0.15) is 0 Å². The van der Waals surface area contributed by atoms with E-state index >= 15 is 0 Å². The summed E-state index contributed by atoms with van der Waals surface area (Å²) < 4.78 is 15.3. The lowest BCUT2D eigenvalue weighted by Gasteiger charge is -2.07. The standard InChI is InChI=1S/C13H17FN2/c1-4-16-9-10(8-15(2)3)12-6-5-11(14)7-13(12)16/h5-7,9H,4,8H2,1-3H3. The molecule has 1 aromatic carbocycles. The molecule has 1 aromatic heterocycles. The summed E-state index contributed by atoms with van der Waals surface area (Å²) in [5, 5.41) is 1.15. The fourth-order valence-corrected chi connectivity index (χ4v) is 2.07. The molecule has 0 atom stereocenters. The third kappa shape index (κ3) is 1.95. The summed E-state index contributed by atoms with van der Waals surface area (Å²) in [5.41, 5.74) is 2.24. The fraction of sp³-hybridized carbons (Fsp3) is 0.385. The van der Waals surface area contributed by atoms with Gasteiger partial charge in [-0.25, -0.2) is 4.39 Å². The van der Waals surface area contributed by atoms with E-state index in [4.69, 9.17) is 0 Å². The topological polar surface area (TPSA) is 8.17 Å². The Morgan fingerprint density at radius 1 is 1.31 bits per heavy atom. The van der Waals surface area contributed by atoms with Crippen molar-refractivity contribution >= 4 is 10.9 Å². The largest absolute Gasteiger partial charge is 0.347 e. The second-order valence-electron chi connectivity index (χ2n) is 4.34. The van der Waals surface area contributed by atoms with Crippen molar-refractivity contribution in [3.8, 4) is 0 Å². The number of hydrogen-bond donors (Lipinski definition) is 0. The van der Waals surface area contributed by atoms with E-state index in [9.17, 15) is 4.39 Å². The summed E-state index contributed by atoms with van der Waals surface area (Å²) >= 11 is 0. The van der Waals surface area contributed by atoms with Crippen molar-refractivity contribution in [1.29, 1.82) is 0 Å². The Bertz CT molecular complexity index is 500. The highest BCUT2D eigenvalue weighted by atomic mass is 19.1. The van der Waals surface area contributed by atoms with Gasteiger partial charge in [0, 0.05) is 24.7 Å². The fourth-order valence-electron chi connectivity index (χ4n) is 2.07. The maximum atomic E-state index is 13.2. The summed E-state index contributed by atoms with van der Waals surface area (Å²) in [6.07, 6.45) is 2.12. The zero-order chi connectivity index (χ0) is 11.7. The third-order valence-electron chi connectivity index (χ3n) is 2.75. The molecule has 2 rings (SSSR count). The number of fused-ring (bicyclic) bond motifs is 1. The predicted molar refractivity (Wildman–Crippen MR) is 65.0 cm³/mol. The minimum Gasteiger partial charge on any atom is -0.347 e. The highest BCUT2D eigenvalue weighted by molar-refractivity contribution is 5.84. The Labute approximate surface area is 95.3 Å². The smallest absolute Gasteiger partial charge is 0.125 e. The Morgan fingerprint density at radius 2 is 2.06 bits per heavy atom. The van der Waals surface area contributed by atoms with Gasteiger partial charge in [-0.1, -0.05) is 0 Å². The van der Waals surface area contributed by atoms with Gasteiger partial charge in [0.2, 0.25) is 0 Å². The molecule has 0 saturated heterocycles. The summed E-state index contributed by atoms with van der Waals surface area (Å²) in [4.78, 5) is 2.12. The van der Waals surface area contributed by atoms with Crippen molar-refractivity contribution in [3.05, 3.63) is 35.8 Å². The Balaban J connectivity index is 2.58. The normalized spacial score (nSPS) is 11.6. The molecule has 0 amide bonds. The van der Waals surface area contributed by atoms with Gasteiger partial charge in [0.1, 0.15) is 5.82 Å². The molecule has 0 radical (unpaired) electrons. The van der Waals surface area contributed by atoms with E-state index < -0.39 is 0 Å². The number of hydrogen-bond acceptors (Lipinski definition) is 1. The average Bonchev–Trinajstić information content (AvgIpc) is 2.55. The molecule has 0 saturated carbocycles. The number of aromatic nitrogens is 1. The van der Waals surface area contributed by atoms with Crippen molar-refractivity contribution in [2.75, 3.05) is 14.1 Å². The molecule has 16 heavy (non-hydrogen) atoms. The van der Waals surface area contributed by atoms with Crippen LogP contribution in [0, 0.1) is 5.82 Å². The highest BCUT2D eigenvalue weighted by Gasteiger charge is 2.08. The van der Waals surface area contributed by atoms with Crippen LogP contribution in [0.15, 0.2) is 24.4 Å². The Kier molecular flexibility index (Phi) is 2.97. The van der Waals surface area contributed by atoms with Crippen LogP contribution in [0.25, 0.3) is 10.9 Å². The van der Waals surface area contributed by atoms with Crippen LogP contribution < -0.4 is 0 Å². The van der Waals surface area contributed by atoms with Crippen LogP contribution in [-0.2, 0) is 13.1 Å². The van der Waals surface area contributed by atoms with Gasteiger partial charge in [-0.15, -0.1) is 0 Å². The minimum atomic E-state index is -0.170. The molecular weight excluding hydrogens is 203 g/mol. The van der Waals surface area contributed by atoms with E-state index in [0.29, 0.717) is 0 Å². The van der Waals surface area contributed by atoms with E-state index in [1.807, 2.05) is 20.2 Å². The lowest BCUT2D eigenvalue weighted by molar-refractivity contribution is 0.403. The highest BCUT2D eigenvalue weighted by Crippen LogP contribution is 2.23. The van der Waals surface area contributed by atoms with Crippen LogP contribution >= 0.6 is 0 Å². The summed E-state index contributed by atoms with van der Waals surface area (Å²) in [7, 11) is 4.08. The first-order valence-corrected chi connectivity index (χ1v) is 5.54. The molecule has 0 aliphatic heterocycles. The molecule has 0 N–H and O–H groups in total. The van der Waals surface area contributed by atoms with Crippen LogP contribution in [0.3, 0.4) is 0 Å². The van der Waals surface area contributed by atoms with E-state index in [0.717, 1.165) is 24.0 Å². The zero-order valence-electron chi connectivity index (χ0n) is 10.00. The Hall–Kier alpha value is -1.35. The second-order valence-corrected chi connectivity index (χ2v) is 4.34. The average molecular weight is 220 g/mol. The quantitative estimate of drug-likeness (QED) is 0.772. The first-order valence-electron chi connectivity index (χ1n) is 5.54. The molecule has 3 heteroatoms. The molecule has 2 aromatic rings. The lowest BCUT2D eigenvalue weighted by Crippen LogP contribution is -2.10. The van der Waals surface area contributed by atoms with Gasteiger partial charge in [-0.3, -0.25) is 0 Å². The van der Waals surface area contributed by atoms with Crippen LogP contribution in [0.5, 0.6) is 0 Å². The zero-order valence-corrected chi connectivity index (χ0v) is 10.00. The van der Waals surface area contributed by atoms with Gasteiger partial charge < -0.3 is 9.47 Å². The van der Waals surface area contributed by atoms with Crippen molar-refractivity contribution in [1.82, 2.24) is 9.47 Å². The van der Waals surface area contributed by atoms with Gasteiger partial charge in [0.25, 0.3) is 0 Å². The first-order chi connectivity index (χ1) is 7.61. The molecule has 2 nitrogen and oxygen atoms in total. The van der Waals surface area contributed by atoms with Gasteiger partial charge >= 0.3 is 0 Å². The maximum absolute atomic E-state index is 13.2. The van der Waals surface area contributed by atoms with Crippen LogP contribution in [-0.4, -0.2) is 23.6 Å².